The first-order chi connectivity index (χ1) is 11.5. The maximum Gasteiger partial charge on any atom is 0.339 e. The van der Waals surface area contributed by atoms with Crippen LogP contribution in [0.2, 0.25) is 0 Å². The normalized spacial score (nSPS) is 13.2. The van der Waals surface area contributed by atoms with Gasteiger partial charge in [0.2, 0.25) is 0 Å². The molecule has 24 heavy (non-hydrogen) atoms. The summed E-state index contributed by atoms with van der Waals surface area (Å²) in [4.78, 5) is 38.4. The van der Waals surface area contributed by atoms with Gasteiger partial charge >= 0.3 is 11.9 Å². The lowest BCUT2D eigenvalue weighted by Crippen LogP contribution is -2.41. The van der Waals surface area contributed by atoms with Gasteiger partial charge in [-0.15, -0.1) is 0 Å². The fraction of sp³-hybridized carbons (Fsp3) is 0.188. The van der Waals surface area contributed by atoms with E-state index in [-0.39, 0.29) is 6.61 Å². The highest BCUT2D eigenvalue weighted by molar-refractivity contribution is 6.01. The first-order valence-electron chi connectivity index (χ1n) is 7.05. The Morgan fingerprint density at radius 3 is 2.88 bits per heavy atom. The lowest BCUT2D eigenvalue weighted by molar-refractivity contribution is -0.137. The summed E-state index contributed by atoms with van der Waals surface area (Å²) in [6.45, 7) is -0.647. The van der Waals surface area contributed by atoms with Gasteiger partial charge in [-0.3, -0.25) is 14.5 Å². The summed E-state index contributed by atoms with van der Waals surface area (Å²) in [5.41, 5.74) is 2.18. The molecular formula is C16H14N2O6. The number of ether oxygens (including phenoxy) is 2. The predicted molar refractivity (Wildman–Crippen MR) is 83.1 cm³/mol. The van der Waals surface area contributed by atoms with Crippen molar-refractivity contribution in [1.29, 1.82) is 0 Å². The van der Waals surface area contributed by atoms with Gasteiger partial charge in [-0.1, -0.05) is 6.07 Å². The second-order valence-electron chi connectivity index (χ2n) is 5.14. The van der Waals surface area contributed by atoms with Gasteiger partial charge in [0.15, 0.2) is 6.61 Å². The summed E-state index contributed by atoms with van der Waals surface area (Å²) >= 11 is 0. The van der Waals surface area contributed by atoms with Gasteiger partial charge in [-0.2, -0.15) is 0 Å². The number of nitrogens with one attached hydrogen (secondary N) is 1. The number of benzene rings is 1. The maximum atomic E-state index is 11.8. The molecule has 2 aromatic rings. The number of carbonyl (C=O) groups is 3. The summed E-state index contributed by atoms with van der Waals surface area (Å²) in [5, 5.41) is 8.94. The molecule has 1 aliphatic heterocycles. The fourth-order valence-electron chi connectivity index (χ4n) is 2.48. The summed E-state index contributed by atoms with van der Waals surface area (Å²) in [5.74, 6) is -1.56. The minimum absolute atomic E-state index is 0.220. The number of aromatic amines is 1. The molecule has 0 atom stereocenters. The molecule has 0 fully saturated rings. The summed E-state index contributed by atoms with van der Waals surface area (Å²) in [6, 6.07) is 6.64. The topological polar surface area (TPSA) is 109 Å². The molecule has 1 amide bonds. The number of esters is 1. The summed E-state index contributed by atoms with van der Waals surface area (Å²) in [6.07, 6.45) is 1.53. The minimum atomic E-state index is -1.10. The van der Waals surface area contributed by atoms with Crippen LogP contribution >= 0.6 is 0 Å². The third-order valence-corrected chi connectivity index (χ3v) is 3.61. The molecule has 0 radical (unpaired) electrons. The Bertz CT molecular complexity index is 826. The molecule has 0 saturated heterocycles. The van der Waals surface area contributed by atoms with Crippen LogP contribution in [0.15, 0.2) is 30.5 Å². The lowest BCUT2D eigenvalue weighted by atomic mass is 10.1. The van der Waals surface area contributed by atoms with E-state index >= 15 is 0 Å². The smallest absolute Gasteiger partial charge is 0.339 e. The number of aromatic nitrogens is 1. The number of rotatable bonds is 4. The van der Waals surface area contributed by atoms with Crippen LogP contribution in [0.3, 0.4) is 0 Å². The van der Waals surface area contributed by atoms with Crippen LogP contribution in [0.4, 0.5) is 5.69 Å². The maximum absolute atomic E-state index is 11.8. The molecule has 2 heterocycles. The van der Waals surface area contributed by atoms with E-state index in [2.05, 4.69) is 9.72 Å². The highest BCUT2D eigenvalue weighted by atomic mass is 16.5. The van der Waals surface area contributed by atoms with Gasteiger partial charge < -0.3 is 19.6 Å². The number of carboxylic acids is 1. The Hall–Kier alpha value is -3.29. The molecule has 0 bridgehead atoms. The van der Waals surface area contributed by atoms with Crippen LogP contribution in [-0.2, 0) is 14.3 Å². The Morgan fingerprint density at radius 2 is 2.17 bits per heavy atom. The Labute approximate surface area is 136 Å². The Balaban J connectivity index is 1.94. The SMILES string of the molecule is COC(=O)c1c[nH]c(-c2ccc3c(c2)OCC(=O)N3CC(=O)O)c1. The number of fused-ring (bicyclic) bond motifs is 1. The number of carbonyl (C=O) groups excluding carboxylic acids is 2. The molecular weight excluding hydrogens is 316 g/mol. The fourth-order valence-corrected chi connectivity index (χ4v) is 2.48. The number of H-pyrrole nitrogens is 1. The second-order valence-corrected chi connectivity index (χ2v) is 5.14. The van der Waals surface area contributed by atoms with E-state index < -0.39 is 24.4 Å². The second kappa shape index (κ2) is 6.07. The van der Waals surface area contributed by atoms with E-state index in [0.29, 0.717) is 22.7 Å². The third-order valence-electron chi connectivity index (χ3n) is 3.61. The molecule has 0 saturated carbocycles. The third kappa shape index (κ3) is 2.81. The number of nitrogens with zero attached hydrogens (tertiary/aromatic N) is 1. The molecule has 8 nitrogen and oxygen atoms in total. The van der Waals surface area contributed by atoms with Crippen LogP contribution in [0.1, 0.15) is 10.4 Å². The van der Waals surface area contributed by atoms with Crippen molar-refractivity contribution in [3.63, 3.8) is 0 Å². The summed E-state index contributed by atoms with van der Waals surface area (Å²) in [7, 11) is 1.30. The van der Waals surface area contributed by atoms with Crippen molar-refractivity contribution in [2.75, 3.05) is 25.2 Å². The van der Waals surface area contributed by atoms with E-state index in [0.717, 1.165) is 5.56 Å². The van der Waals surface area contributed by atoms with Crippen molar-refractivity contribution in [3.05, 3.63) is 36.0 Å². The molecule has 1 aliphatic rings. The Morgan fingerprint density at radius 1 is 1.38 bits per heavy atom. The first kappa shape index (κ1) is 15.6. The largest absolute Gasteiger partial charge is 0.482 e. The van der Waals surface area contributed by atoms with Crippen LogP contribution in [0, 0.1) is 0 Å². The average molecular weight is 330 g/mol. The molecule has 1 aromatic heterocycles. The molecule has 0 spiro atoms. The van der Waals surface area contributed by atoms with E-state index in [1.54, 1.807) is 24.3 Å². The van der Waals surface area contributed by atoms with E-state index in [9.17, 15) is 14.4 Å². The predicted octanol–water partition coefficient (Wildman–Crippen LogP) is 1.28. The van der Waals surface area contributed by atoms with Crippen molar-refractivity contribution >= 4 is 23.5 Å². The van der Waals surface area contributed by atoms with E-state index in [4.69, 9.17) is 9.84 Å². The highest BCUT2D eigenvalue weighted by Crippen LogP contribution is 2.35. The number of anilines is 1. The van der Waals surface area contributed by atoms with Gasteiger partial charge in [0.05, 0.1) is 18.4 Å². The van der Waals surface area contributed by atoms with E-state index in [1.165, 1.54) is 18.2 Å². The van der Waals surface area contributed by atoms with Gasteiger partial charge in [0.25, 0.3) is 5.91 Å². The van der Waals surface area contributed by atoms with Crippen molar-refractivity contribution in [3.8, 4) is 17.0 Å². The van der Waals surface area contributed by atoms with E-state index in [1.807, 2.05) is 0 Å². The zero-order valence-electron chi connectivity index (χ0n) is 12.7. The zero-order chi connectivity index (χ0) is 17.3. The molecule has 2 N–H and O–H groups in total. The monoisotopic (exact) mass is 330 g/mol. The van der Waals surface area contributed by atoms with Gasteiger partial charge in [0.1, 0.15) is 12.3 Å². The van der Waals surface area contributed by atoms with Crippen molar-refractivity contribution < 1.29 is 29.0 Å². The van der Waals surface area contributed by atoms with Gasteiger partial charge in [-0.05, 0) is 18.2 Å². The Kier molecular flexibility index (Phi) is 3.95. The molecule has 0 unspecified atom stereocenters. The standard InChI is InChI=1S/C16H14N2O6/c1-23-16(22)10-4-11(17-6-10)9-2-3-12-13(5-9)24-8-14(19)18(12)7-15(20)21/h2-6,17H,7-8H2,1H3,(H,20,21). The summed E-state index contributed by atoms with van der Waals surface area (Å²) < 4.78 is 10.1. The van der Waals surface area contributed by atoms with Crippen molar-refractivity contribution in [2.24, 2.45) is 0 Å². The van der Waals surface area contributed by atoms with Gasteiger partial charge in [0, 0.05) is 17.5 Å². The number of hydrogen-bond acceptors (Lipinski definition) is 5. The number of carboxylic acid groups (broad SMARTS) is 1. The van der Waals surface area contributed by atoms with Crippen LogP contribution in [0.5, 0.6) is 5.75 Å². The first-order valence-corrected chi connectivity index (χ1v) is 7.05. The molecule has 8 heteroatoms. The molecule has 0 aliphatic carbocycles. The van der Waals surface area contributed by atoms with Gasteiger partial charge in [-0.25, -0.2) is 4.79 Å². The van der Waals surface area contributed by atoms with Crippen molar-refractivity contribution in [2.45, 2.75) is 0 Å². The lowest BCUT2D eigenvalue weighted by Gasteiger charge is -2.28. The average Bonchev–Trinajstić information content (AvgIpc) is 3.06. The van der Waals surface area contributed by atoms with Crippen LogP contribution < -0.4 is 9.64 Å². The quantitative estimate of drug-likeness (QED) is 0.817. The van der Waals surface area contributed by atoms with Crippen LogP contribution in [-0.4, -0.2) is 48.2 Å². The molecule has 124 valence electrons. The zero-order valence-corrected chi connectivity index (χ0v) is 12.7. The minimum Gasteiger partial charge on any atom is -0.482 e. The number of amides is 1. The molecule has 3 rings (SSSR count). The highest BCUT2D eigenvalue weighted by Gasteiger charge is 2.27. The van der Waals surface area contributed by atoms with Crippen molar-refractivity contribution in [1.82, 2.24) is 4.98 Å². The number of hydrogen-bond donors (Lipinski definition) is 2. The number of methoxy groups -OCH3 is 1. The van der Waals surface area contributed by atoms with Crippen LogP contribution in [0.25, 0.3) is 11.3 Å². The number of aliphatic carboxylic acids is 1. The molecule has 1 aromatic carbocycles.